The van der Waals surface area contributed by atoms with Gasteiger partial charge in [-0.3, -0.25) is 20.5 Å². The van der Waals surface area contributed by atoms with Gasteiger partial charge in [-0.05, 0) is 106 Å². The molecule has 4 aliphatic rings. The van der Waals surface area contributed by atoms with Crippen LogP contribution in [0.5, 0.6) is 0 Å². The van der Waals surface area contributed by atoms with Crippen LogP contribution in [0, 0.1) is 0 Å². The Labute approximate surface area is 315 Å². The van der Waals surface area contributed by atoms with Gasteiger partial charge < -0.3 is 9.88 Å². The summed E-state index contributed by atoms with van der Waals surface area (Å²) < 4.78 is 5.05. The summed E-state index contributed by atoms with van der Waals surface area (Å²) in [6.45, 7) is 0.718. The molecule has 264 valence electrons. The molecular weight excluding hydrogens is 661 g/mol. The molecule has 0 radical (unpaired) electrons. The minimum Gasteiger partial charge on any atom is -0.367 e. The topological polar surface area (TPSA) is 58.0 Å². The summed E-state index contributed by atoms with van der Waals surface area (Å²) in [6.07, 6.45) is 13.5. The van der Waals surface area contributed by atoms with Gasteiger partial charge in [-0.15, -0.1) is 0 Å². The lowest BCUT2D eigenvalue weighted by Gasteiger charge is -2.41. The maximum Gasteiger partial charge on any atom is 0.111 e. The van der Waals surface area contributed by atoms with Gasteiger partial charge in [0.05, 0.1) is 35.4 Å². The van der Waals surface area contributed by atoms with E-state index in [0.717, 1.165) is 38.0 Å². The van der Waals surface area contributed by atoms with Gasteiger partial charge in [-0.2, -0.15) is 0 Å². The fourth-order valence-electron chi connectivity index (χ4n) is 9.36. The third-order valence-corrected chi connectivity index (χ3v) is 11.9. The molecule has 6 nitrogen and oxygen atoms in total. The van der Waals surface area contributed by atoms with Gasteiger partial charge in [0.1, 0.15) is 5.82 Å². The number of fused-ring (bicyclic) bond motifs is 8. The summed E-state index contributed by atoms with van der Waals surface area (Å²) in [5.74, 6) is 1.11. The van der Waals surface area contributed by atoms with Crippen molar-refractivity contribution in [3.05, 3.63) is 185 Å². The molecule has 4 N–H and O–H groups in total. The van der Waals surface area contributed by atoms with E-state index < -0.39 is 0 Å². The molecule has 1 fully saturated rings. The highest BCUT2D eigenvalue weighted by Crippen LogP contribution is 2.47. The summed E-state index contributed by atoms with van der Waals surface area (Å²) in [5.41, 5.74) is 14.7. The van der Waals surface area contributed by atoms with E-state index in [1.807, 2.05) is 0 Å². The molecule has 7 aromatic rings. The molecular formula is C48H42N6. The maximum absolute atomic E-state index is 3.93. The largest absolute Gasteiger partial charge is 0.367 e. The number of benzene rings is 5. The van der Waals surface area contributed by atoms with Crippen molar-refractivity contribution < 1.29 is 0 Å². The van der Waals surface area contributed by atoms with Gasteiger partial charge in [-0.25, -0.2) is 0 Å². The van der Waals surface area contributed by atoms with Crippen LogP contribution in [0.25, 0.3) is 50.6 Å². The number of nitrogens with zero attached hydrogens (tertiary/aromatic N) is 2. The Morgan fingerprint density at radius 3 is 2.07 bits per heavy atom. The fraction of sp³-hybridized carbons (Fsp3) is 0.167. The van der Waals surface area contributed by atoms with Gasteiger partial charge in [0.15, 0.2) is 0 Å². The van der Waals surface area contributed by atoms with E-state index in [-0.39, 0.29) is 18.5 Å². The van der Waals surface area contributed by atoms with E-state index >= 15 is 0 Å². The molecule has 6 heteroatoms. The Hall–Kier alpha value is -5.92. The lowest BCUT2D eigenvalue weighted by molar-refractivity contribution is 0.220. The smallest absolute Gasteiger partial charge is 0.111 e. The molecule has 2 aromatic heterocycles. The van der Waals surface area contributed by atoms with E-state index in [1.165, 1.54) is 77.8 Å². The van der Waals surface area contributed by atoms with Gasteiger partial charge in [-0.1, -0.05) is 115 Å². The van der Waals surface area contributed by atoms with E-state index in [4.69, 9.17) is 0 Å². The van der Waals surface area contributed by atoms with Crippen molar-refractivity contribution in [2.24, 2.45) is 0 Å². The molecule has 5 aromatic carbocycles. The summed E-state index contributed by atoms with van der Waals surface area (Å²) in [4.78, 5) is 0. The Kier molecular flexibility index (Phi) is 7.54. The number of aryl methyl sites for hydroxylation is 1. The Morgan fingerprint density at radius 2 is 1.24 bits per heavy atom. The Morgan fingerprint density at radius 1 is 0.537 bits per heavy atom. The van der Waals surface area contributed by atoms with E-state index in [2.05, 4.69) is 182 Å². The molecule has 0 saturated carbocycles. The third-order valence-electron chi connectivity index (χ3n) is 11.9. The van der Waals surface area contributed by atoms with Gasteiger partial charge in [0.2, 0.25) is 0 Å². The van der Waals surface area contributed by atoms with Crippen LogP contribution >= 0.6 is 0 Å². The Bertz CT molecular complexity index is 2660. The van der Waals surface area contributed by atoms with Crippen molar-refractivity contribution in [1.82, 2.24) is 30.4 Å². The molecule has 0 amide bonds. The highest BCUT2D eigenvalue weighted by atomic mass is 15.4. The van der Waals surface area contributed by atoms with E-state index in [9.17, 15) is 0 Å². The standard InChI is InChI=1S/C48H42N6/c1-3-14-32(15-4-1)46-50-47(34-24-23-31-13-7-8-16-33(31)29-34)52-48(51-46)35-25-28-43(49-30-35)54-42-22-12-10-20-38(42)40-27-26-39-37-19-9-11-21-41(37)53(44(39)45(40)54)36-17-5-2-6-18-36/h1-8,10-18,20-25,28-29,46-52H,9,19,26-27,30H2. The first-order chi connectivity index (χ1) is 26.8. The van der Waals surface area contributed by atoms with Crippen molar-refractivity contribution in [3.8, 4) is 17.1 Å². The van der Waals surface area contributed by atoms with Crippen LogP contribution in [0.3, 0.4) is 0 Å². The summed E-state index contributed by atoms with van der Waals surface area (Å²) in [7, 11) is 0. The number of dihydropyridines is 1. The van der Waals surface area contributed by atoms with Crippen molar-refractivity contribution >= 4 is 33.6 Å². The van der Waals surface area contributed by atoms with Crippen LogP contribution in [0.2, 0.25) is 0 Å². The number of hydrogen-bond acceptors (Lipinski definition) is 4. The number of rotatable bonds is 5. The van der Waals surface area contributed by atoms with Crippen molar-refractivity contribution in [3.63, 3.8) is 0 Å². The molecule has 2 aliphatic heterocycles. The molecule has 0 bridgehead atoms. The number of allylic oxidation sites excluding steroid dienone is 3. The van der Waals surface area contributed by atoms with Crippen LogP contribution in [0.1, 0.15) is 52.3 Å². The van der Waals surface area contributed by atoms with Crippen LogP contribution < -0.4 is 21.3 Å². The van der Waals surface area contributed by atoms with Crippen LogP contribution in [-0.4, -0.2) is 21.8 Å². The molecule has 4 heterocycles. The number of hydrogen-bond donors (Lipinski definition) is 4. The zero-order chi connectivity index (χ0) is 35.6. The predicted molar refractivity (Wildman–Crippen MR) is 221 cm³/mol. The first kappa shape index (κ1) is 31.6. The minimum absolute atomic E-state index is 0.0233. The SMILES string of the molecule is C1=Cc2c(c3c(n2-c2ccccc2)-c2c(c4ccccc4n2C2=CC=C(C4NC(c5ccccc5)NC(c5ccc6ccccc6c5)N4)CN2)CC3)CC1. The summed E-state index contributed by atoms with van der Waals surface area (Å²) in [5, 5.41) is 19.4. The van der Waals surface area contributed by atoms with Crippen LogP contribution in [0.4, 0.5) is 0 Å². The second-order valence-corrected chi connectivity index (χ2v) is 14.9. The number of para-hydroxylation sites is 2. The number of nitrogens with one attached hydrogen (secondary N) is 4. The summed E-state index contributed by atoms with van der Waals surface area (Å²) in [6, 6.07) is 46.0. The second kappa shape index (κ2) is 12.9. The maximum atomic E-state index is 3.93. The van der Waals surface area contributed by atoms with E-state index in [1.54, 1.807) is 0 Å². The zero-order valence-electron chi connectivity index (χ0n) is 30.1. The highest BCUT2D eigenvalue weighted by Gasteiger charge is 2.35. The molecule has 1 saturated heterocycles. The van der Waals surface area contributed by atoms with Gasteiger partial charge in [0.25, 0.3) is 0 Å². The lowest BCUT2D eigenvalue weighted by Crippen LogP contribution is -2.60. The molecule has 54 heavy (non-hydrogen) atoms. The van der Waals surface area contributed by atoms with Crippen LogP contribution in [0.15, 0.2) is 151 Å². The summed E-state index contributed by atoms with van der Waals surface area (Å²) >= 11 is 0. The van der Waals surface area contributed by atoms with Crippen molar-refractivity contribution in [2.45, 2.75) is 44.2 Å². The van der Waals surface area contributed by atoms with Gasteiger partial charge in [0, 0.05) is 23.3 Å². The lowest BCUT2D eigenvalue weighted by atomic mass is 9.89. The molecule has 2 aliphatic carbocycles. The Balaban J connectivity index is 1.02. The van der Waals surface area contributed by atoms with Crippen molar-refractivity contribution in [2.75, 3.05) is 6.54 Å². The van der Waals surface area contributed by atoms with Crippen LogP contribution in [-0.2, 0) is 19.3 Å². The molecule has 0 spiro atoms. The molecule has 3 unspecified atom stereocenters. The minimum atomic E-state index is -0.0472. The third kappa shape index (κ3) is 5.13. The second-order valence-electron chi connectivity index (χ2n) is 14.9. The molecule has 3 atom stereocenters. The highest BCUT2D eigenvalue weighted by molar-refractivity contribution is 5.97. The average Bonchev–Trinajstić information content (AvgIpc) is 3.77. The first-order valence-corrected chi connectivity index (χ1v) is 19.4. The van der Waals surface area contributed by atoms with Crippen molar-refractivity contribution in [1.29, 1.82) is 0 Å². The predicted octanol–water partition coefficient (Wildman–Crippen LogP) is 9.14. The first-order valence-electron chi connectivity index (χ1n) is 19.4. The normalized spacial score (nSPS) is 20.5. The monoisotopic (exact) mass is 702 g/mol. The quantitative estimate of drug-likeness (QED) is 0.145. The molecule has 11 rings (SSSR count). The number of aromatic nitrogens is 2. The van der Waals surface area contributed by atoms with E-state index in [0.29, 0.717) is 0 Å². The zero-order valence-corrected chi connectivity index (χ0v) is 30.1. The fourth-order valence-corrected chi connectivity index (χ4v) is 9.36. The average molecular weight is 703 g/mol. The van der Waals surface area contributed by atoms with Gasteiger partial charge >= 0.3 is 0 Å².